The number of piperidine rings is 1. The molecule has 2 aliphatic carbocycles. The van der Waals surface area contributed by atoms with E-state index in [0.717, 1.165) is 19.3 Å². The summed E-state index contributed by atoms with van der Waals surface area (Å²) in [6.45, 7) is 1.82. The molecule has 2 saturated carbocycles. The van der Waals surface area contributed by atoms with Crippen LogP contribution in [0.5, 0.6) is 0 Å². The molecule has 1 aliphatic heterocycles. The van der Waals surface area contributed by atoms with Gasteiger partial charge in [0.05, 0.1) is 24.2 Å². The molecule has 0 bridgehead atoms. The molecule has 5 heteroatoms. The van der Waals surface area contributed by atoms with Crippen LogP contribution in [-0.2, 0) is 9.53 Å². The molecule has 0 radical (unpaired) electrons. The van der Waals surface area contributed by atoms with E-state index in [2.05, 4.69) is 0 Å². The second-order valence-corrected chi connectivity index (χ2v) is 6.86. The van der Waals surface area contributed by atoms with E-state index in [1.807, 2.05) is 4.90 Å². The molecule has 2 atom stereocenters. The first kappa shape index (κ1) is 14.3. The second kappa shape index (κ2) is 4.97. The van der Waals surface area contributed by atoms with Crippen molar-refractivity contribution in [1.82, 2.24) is 4.90 Å². The normalized spacial score (nSPS) is 34.5. The average molecular weight is 283 g/mol. The monoisotopic (exact) mass is 283 g/mol. The highest BCUT2D eigenvalue weighted by atomic mass is 16.5. The molecule has 1 amide bonds. The molecule has 0 aromatic carbocycles. The third-order valence-electron chi connectivity index (χ3n) is 5.94. The Labute approximate surface area is 119 Å². The van der Waals surface area contributed by atoms with Crippen molar-refractivity contribution in [3.05, 3.63) is 0 Å². The SMILES string of the molecule is COCC1(C(=O)N2CCC3(CC2)C(O)CC3O)CCC1. The molecule has 2 N–H and O–H groups in total. The van der Waals surface area contributed by atoms with E-state index < -0.39 is 12.2 Å². The highest BCUT2D eigenvalue weighted by Gasteiger charge is 2.56. The molecule has 0 aromatic rings. The molecule has 114 valence electrons. The number of methoxy groups -OCH3 is 1. The highest BCUT2D eigenvalue weighted by Crippen LogP contribution is 2.50. The van der Waals surface area contributed by atoms with Crippen LogP contribution in [0.4, 0.5) is 0 Å². The van der Waals surface area contributed by atoms with Crippen molar-refractivity contribution in [3.63, 3.8) is 0 Å². The van der Waals surface area contributed by atoms with Gasteiger partial charge in [0.15, 0.2) is 0 Å². The average Bonchev–Trinajstić information content (AvgIpc) is 2.42. The quantitative estimate of drug-likeness (QED) is 0.793. The van der Waals surface area contributed by atoms with Crippen LogP contribution in [0.1, 0.15) is 38.5 Å². The fourth-order valence-electron chi connectivity index (χ4n) is 4.17. The van der Waals surface area contributed by atoms with Crippen LogP contribution >= 0.6 is 0 Å². The van der Waals surface area contributed by atoms with Crippen molar-refractivity contribution in [3.8, 4) is 0 Å². The van der Waals surface area contributed by atoms with Crippen LogP contribution in [0.3, 0.4) is 0 Å². The Hall–Kier alpha value is -0.650. The number of aliphatic hydroxyl groups excluding tert-OH is 2. The minimum Gasteiger partial charge on any atom is -0.392 e. The van der Waals surface area contributed by atoms with Crippen molar-refractivity contribution >= 4 is 5.91 Å². The standard InChI is InChI=1S/C15H25NO4/c1-20-10-14(3-2-4-14)13(19)16-7-5-15(6-8-16)11(17)9-12(15)18/h11-12,17-18H,2-10H2,1H3. The number of aliphatic hydroxyl groups is 2. The van der Waals surface area contributed by atoms with E-state index >= 15 is 0 Å². The maximum absolute atomic E-state index is 12.7. The minimum atomic E-state index is -0.397. The lowest BCUT2D eigenvalue weighted by Gasteiger charge is -2.56. The lowest BCUT2D eigenvalue weighted by molar-refractivity contribution is -0.195. The zero-order chi connectivity index (χ0) is 14.4. The summed E-state index contributed by atoms with van der Waals surface area (Å²) in [6, 6.07) is 0. The predicted octanol–water partition coefficient (Wildman–Crippen LogP) is 0.537. The van der Waals surface area contributed by atoms with E-state index in [9.17, 15) is 15.0 Å². The number of ether oxygens (including phenoxy) is 1. The minimum absolute atomic E-state index is 0.212. The van der Waals surface area contributed by atoms with Gasteiger partial charge in [-0.25, -0.2) is 0 Å². The van der Waals surface area contributed by atoms with Gasteiger partial charge in [-0.1, -0.05) is 6.42 Å². The van der Waals surface area contributed by atoms with Gasteiger partial charge in [0, 0.05) is 32.0 Å². The molecule has 3 aliphatic rings. The summed E-state index contributed by atoms with van der Waals surface area (Å²) in [6.07, 6.45) is 4.07. The second-order valence-electron chi connectivity index (χ2n) is 6.86. The van der Waals surface area contributed by atoms with E-state index in [4.69, 9.17) is 4.74 Å². The Morgan fingerprint density at radius 2 is 1.80 bits per heavy atom. The Kier molecular flexibility index (Phi) is 3.55. The number of carbonyl (C=O) groups excluding carboxylic acids is 1. The summed E-state index contributed by atoms with van der Waals surface area (Å²) in [5, 5.41) is 19.9. The number of amides is 1. The lowest BCUT2D eigenvalue weighted by atomic mass is 9.58. The Balaban J connectivity index is 1.62. The summed E-state index contributed by atoms with van der Waals surface area (Å²) >= 11 is 0. The largest absolute Gasteiger partial charge is 0.392 e. The molecular weight excluding hydrogens is 258 g/mol. The number of rotatable bonds is 3. The zero-order valence-electron chi connectivity index (χ0n) is 12.2. The Bertz CT molecular complexity index is 375. The van der Waals surface area contributed by atoms with Gasteiger partial charge in [-0.15, -0.1) is 0 Å². The van der Waals surface area contributed by atoms with Crippen LogP contribution in [0.2, 0.25) is 0 Å². The van der Waals surface area contributed by atoms with Crippen LogP contribution in [0, 0.1) is 10.8 Å². The van der Waals surface area contributed by atoms with Gasteiger partial charge in [0.2, 0.25) is 5.91 Å². The van der Waals surface area contributed by atoms with E-state index in [1.165, 1.54) is 0 Å². The third-order valence-corrected chi connectivity index (χ3v) is 5.94. The van der Waals surface area contributed by atoms with Crippen molar-refractivity contribution in [2.45, 2.75) is 50.7 Å². The van der Waals surface area contributed by atoms with Gasteiger partial charge in [0.1, 0.15) is 0 Å². The van der Waals surface area contributed by atoms with Crippen LogP contribution in [-0.4, -0.2) is 60.0 Å². The first-order chi connectivity index (χ1) is 9.54. The fraction of sp³-hybridized carbons (Fsp3) is 0.933. The fourth-order valence-corrected chi connectivity index (χ4v) is 4.17. The van der Waals surface area contributed by atoms with E-state index in [-0.39, 0.29) is 16.7 Å². The van der Waals surface area contributed by atoms with Crippen molar-refractivity contribution in [1.29, 1.82) is 0 Å². The van der Waals surface area contributed by atoms with Gasteiger partial charge >= 0.3 is 0 Å². The van der Waals surface area contributed by atoms with Crippen LogP contribution in [0.15, 0.2) is 0 Å². The number of carbonyl (C=O) groups is 1. The number of nitrogens with zero attached hydrogens (tertiary/aromatic N) is 1. The van der Waals surface area contributed by atoms with Crippen molar-refractivity contribution in [2.75, 3.05) is 26.8 Å². The van der Waals surface area contributed by atoms with Gasteiger partial charge in [-0.3, -0.25) is 4.79 Å². The molecule has 2 unspecified atom stereocenters. The molecule has 5 nitrogen and oxygen atoms in total. The van der Waals surface area contributed by atoms with Gasteiger partial charge < -0.3 is 19.8 Å². The molecule has 20 heavy (non-hydrogen) atoms. The van der Waals surface area contributed by atoms with Crippen LogP contribution in [0.25, 0.3) is 0 Å². The smallest absolute Gasteiger partial charge is 0.231 e. The lowest BCUT2D eigenvalue weighted by Crippen LogP contribution is -2.63. The Morgan fingerprint density at radius 1 is 1.20 bits per heavy atom. The summed E-state index contributed by atoms with van der Waals surface area (Å²) in [5.74, 6) is 0.212. The van der Waals surface area contributed by atoms with Crippen LogP contribution < -0.4 is 0 Å². The third kappa shape index (κ3) is 1.90. The topological polar surface area (TPSA) is 70.0 Å². The molecule has 0 aromatic heterocycles. The van der Waals surface area contributed by atoms with Gasteiger partial charge in [-0.05, 0) is 25.7 Å². The number of hydrogen-bond acceptors (Lipinski definition) is 4. The van der Waals surface area contributed by atoms with Gasteiger partial charge in [-0.2, -0.15) is 0 Å². The van der Waals surface area contributed by atoms with E-state index in [1.54, 1.807) is 7.11 Å². The maximum atomic E-state index is 12.7. The maximum Gasteiger partial charge on any atom is 0.231 e. The molecule has 1 heterocycles. The van der Waals surface area contributed by atoms with Gasteiger partial charge in [0.25, 0.3) is 0 Å². The zero-order valence-corrected chi connectivity index (χ0v) is 12.2. The summed E-state index contributed by atoms with van der Waals surface area (Å²) in [5.41, 5.74) is -0.638. The molecular formula is C15H25NO4. The van der Waals surface area contributed by atoms with Crippen molar-refractivity contribution in [2.24, 2.45) is 10.8 Å². The molecule has 1 saturated heterocycles. The van der Waals surface area contributed by atoms with Crippen molar-refractivity contribution < 1.29 is 19.7 Å². The number of likely N-dealkylation sites (tertiary alicyclic amines) is 1. The summed E-state index contributed by atoms with van der Waals surface area (Å²) in [4.78, 5) is 14.6. The first-order valence-corrected chi connectivity index (χ1v) is 7.69. The van der Waals surface area contributed by atoms with E-state index in [0.29, 0.717) is 39.0 Å². The number of hydrogen-bond donors (Lipinski definition) is 2. The molecule has 3 rings (SSSR count). The highest BCUT2D eigenvalue weighted by molar-refractivity contribution is 5.84. The summed E-state index contributed by atoms with van der Waals surface area (Å²) in [7, 11) is 1.65. The predicted molar refractivity (Wildman–Crippen MR) is 73.0 cm³/mol. The molecule has 1 spiro atoms. The first-order valence-electron chi connectivity index (χ1n) is 7.69. The summed E-state index contributed by atoms with van der Waals surface area (Å²) < 4.78 is 5.24. The Morgan fingerprint density at radius 3 is 2.20 bits per heavy atom. The molecule has 3 fully saturated rings.